The highest BCUT2D eigenvalue weighted by Crippen LogP contribution is 2.07. The summed E-state index contributed by atoms with van der Waals surface area (Å²) in [5.41, 5.74) is 0. The van der Waals surface area contributed by atoms with Crippen molar-refractivity contribution in [2.24, 2.45) is 0 Å². The van der Waals surface area contributed by atoms with Crippen molar-refractivity contribution in [3.05, 3.63) is 0 Å². The molecule has 0 fully saturated rings. The molecule has 0 aliphatic heterocycles. The summed E-state index contributed by atoms with van der Waals surface area (Å²) in [4.78, 5) is 12.9. The molecule has 1 amide bonds. The first-order valence-corrected chi connectivity index (χ1v) is 5.39. The van der Waals surface area contributed by atoms with E-state index >= 15 is 0 Å². The molecule has 5 nitrogen and oxygen atoms in total. The lowest BCUT2D eigenvalue weighted by Gasteiger charge is -2.26. The van der Waals surface area contributed by atoms with E-state index in [1.165, 1.54) is 6.92 Å². The number of hydrogen-bond donors (Lipinski definition) is 0. The largest absolute Gasteiger partial charge is 0.691 e. The molecular weight excluding hydrogens is 206 g/mol. The van der Waals surface area contributed by atoms with Gasteiger partial charge in [-0.1, -0.05) is 6.92 Å². The van der Waals surface area contributed by atoms with Crippen molar-refractivity contribution in [1.82, 2.24) is 4.90 Å². The van der Waals surface area contributed by atoms with Gasteiger partial charge < -0.3 is 10.2 Å². The second-order valence-electron chi connectivity index (χ2n) is 2.93. The van der Waals surface area contributed by atoms with Crippen LogP contribution in [0.25, 0.3) is 0 Å². The van der Waals surface area contributed by atoms with Gasteiger partial charge in [0.1, 0.15) is 0 Å². The van der Waals surface area contributed by atoms with E-state index in [9.17, 15) is 10.1 Å². The molecule has 0 saturated heterocycles. The van der Waals surface area contributed by atoms with Crippen LogP contribution in [-0.2, 0) is 14.2 Å². The van der Waals surface area contributed by atoms with Gasteiger partial charge in [-0.25, -0.2) is 0 Å². The van der Waals surface area contributed by atoms with E-state index in [0.717, 1.165) is 18.5 Å². The van der Waals surface area contributed by atoms with Gasteiger partial charge in [-0.2, -0.15) is 4.33 Å². The maximum absolute atomic E-state index is 11.2. The SMILES string of the molecule is CCC(C)N(CCSOO[O-])C(C)=O. The molecule has 0 spiro atoms. The Hall–Kier alpha value is -0.300. The smallest absolute Gasteiger partial charge is 0.219 e. The molecule has 0 aliphatic carbocycles. The zero-order chi connectivity index (χ0) is 11.0. The molecular formula is C8H16NO4S-. The Balaban J connectivity index is 3.80. The lowest BCUT2D eigenvalue weighted by molar-refractivity contribution is -0.777. The van der Waals surface area contributed by atoms with Crippen molar-refractivity contribution < 1.29 is 19.4 Å². The molecule has 0 rings (SSSR count). The Morgan fingerprint density at radius 3 is 2.71 bits per heavy atom. The Labute approximate surface area is 88.4 Å². The fourth-order valence-corrected chi connectivity index (χ4v) is 1.48. The van der Waals surface area contributed by atoms with Gasteiger partial charge >= 0.3 is 0 Å². The lowest BCUT2D eigenvalue weighted by atomic mass is 10.2. The molecule has 0 saturated carbocycles. The first-order chi connectivity index (χ1) is 6.63. The molecule has 0 aromatic rings. The average molecular weight is 222 g/mol. The second-order valence-corrected chi connectivity index (χ2v) is 3.71. The third-order valence-corrected chi connectivity index (χ3v) is 2.52. The third kappa shape index (κ3) is 5.43. The predicted molar refractivity (Wildman–Crippen MR) is 51.8 cm³/mol. The summed E-state index contributed by atoms with van der Waals surface area (Å²) in [6.07, 6.45) is 0.906. The van der Waals surface area contributed by atoms with Gasteiger partial charge in [0.05, 0.1) is 0 Å². The maximum Gasteiger partial charge on any atom is 0.219 e. The second kappa shape index (κ2) is 8.05. The highest BCUT2D eigenvalue weighted by atomic mass is 32.2. The maximum atomic E-state index is 11.2. The summed E-state index contributed by atoms with van der Waals surface area (Å²) in [5.74, 6) is 0.551. The molecule has 0 N–H and O–H groups in total. The van der Waals surface area contributed by atoms with Crippen LogP contribution in [0.15, 0.2) is 0 Å². The third-order valence-electron chi connectivity index (χ3n) is 2.02. The Morgan fingerprint density at radius 1 is 1.64 bits per heavy atom. The summed E-state index contributed by atoms with van der Waals surface area (Å²) in [7, 11) is 0. The zero-order valence-electron chi connectivity index (χ0n) is 8.69. The number of nitrogens with zero attached hydrogens (tertiary/aromatic N) is 1. The first-order valence-electron chi connectivity index (χ1n) is 4.48. The van der Waals surface area contributed by atoms with Crippen LogP contribution in [0.4, 0.5) is 0 Å². The van der Waals surface area contributed by atoms with Gasteiger partial charge in [-0.3, -0.25) is 9.83 Å². The van der Waals surface area contributed by atoms with E-state index in [4.69, 9.17) is 0 Å². The van der Waals surface area contributed by atoms with E-state index in [1.807, 2.05) is 13.8 Å². The predicted octanol–water partition coefficient (Wildman–Crippen LogP) is 0.505. The van der Waals surface area contributed by atoms with Gasteiger partial charge in [0.15, 0.2) is 0 Å². The van der Waals surface area contributed by atoms with Crippen LogP contribution in [-0.4, -0.2) is 29.1 Å². The quantitative estimate of drug-likeness (QED) is 0.272. The van der Waals surface area contributed by atoms with Crippen LogP contribution in [0.5, 0.6) is 0 Å². The topological polar surface area (TPSA) is 61.8 Å². The van der Waals surface area contributed by atoms with Crippen molar-refractivity contribution >= 4 is 17.9 Å². The minimum absolute atomic E-state index is 0.0305. The fourth-order valence-electron chi connectivity index (χ4n) is 1.10. The monoisotopic (exact) mass is 222 g/mol. The molecule has 0 radical (unpaired) electrons. The zero-order valence-corrected chi connectivity index (χ0v) is 9.50. The van der Waals surface area contributed by atoms with Gasteiger partial charge in [0.25, 0.3) is 0 Å². The standard InChI is InChI=1S/C8H17NO4S/c1-4-7(2)9(8(3)10)5-6-14-13-12-11/h7,11H,4-6H2,1-3H3/p-1. The minimum atomic E-state index is 0.0305. The van der Waals surface area contributed by atoms with Crippen molar-refractivity contribution in [3.63, 3.8) is 0 Å². The van der Waals surface area contributed by atoms with Gasteiger partial charge in [-0.05, 0) is 13.3 Å². The van der Waals surface area contributed by atoms with Gasteiger partial charge in [0, 0.05) is 37.3 Å². The van der Waals surface area contributed by atoms with Crippen LogP contribution < -0.4 is 5.26 Å². The summed E-state index contributed by atoms with van der Waals surface area (Å²) < 4.78 is 4.10. The van der Waals surface area contributed by atoms with Gasteiger partial charge in [0.2, 0.25) is 5.91 Å². The Kier molecular flexibility index (Phi) is 7.87. The van der Waals surface area contributed by atoms with Crippen molar-refractivity contribution in [2.45, 2.75) is 33.2 Å². The summed E-state index contributed by atoms with van der Waals surface area (Å²) in [5, 5.41) is 12.7. The first kappa shape index (κ1) is 13.7. The van der Waals surface area contributed by atoms with E-state index in [1.54, 1.807) is 4.90 Å². The highest BCUT2D eigenvalue weighted by Gasteiger charge is 2.14. The highest BCUT2D eigenvalue weighted by molar-refractivity contribution is 7.94. The van der Waals surface area contributed by atoms with E-state index < -0.39 is 0 Å². The molecule has 84 valence electrons. The van der Waals surface area contributed by atoms with Crippen molar-refractivity contribution in [1.29, 1.82) is 0 Å². The lowest BCUT2D eigenvalue weighted by Crippen LogP contribution is -2.38. The Bertz CT molecular complexity index is 167. The van der Waals surface area contributed by atoms with Crippen molar-refractivity contribution in [3.8, 4) is 0 Å². The molecule has 6 heteroatoms. The van der Waals surface area contributed by atoms with Crippen molar-refractivity contribution in [2.75, 3.05) is 12.3 Å². The summed E-state index contributed by atoms with van der Waals surface area (Å²) >= 11 is 0.898. The normalized spacial score (nSPS) is 12.6. The van der Waals surface area contributed by atoms with Gasteiger partial charge in [-0.15, -0.1) is 0 Å². The molecule has 0 heterocycles. The van der Waals surface area contributed by atoms with Crippen LogP contribution in [0.3, 0.4) is 0 Å². The molecule has 1 atom stereocenters. The van der Waals surface area contributed by atoms with Crippen LogP contribution in [0.2, 0.25) is 0 Å². The Morgan fingerprint density at radius 2 is 2.29 bits per heavy atom. The summed E-state index contributed by atoms with van der Waals surface area (Å²) in [6.45, 7) is 6.09. The summed E-state index contributed by atoms with van der Waals surface area (Å²) in [6, 6.07) is 0.210. The van der Waals surface area contributed by atoms with Crippen LogP contribution in [0.1, 0.15) is 27.2 Å². The molecule has 14 heavy (non-hydrogen) atoms. The van der Waals surface area contributed by atoms with E-state index in [-0.39, 0.29) is 11.9 Å². The molecule has 0 bridgehead atoms. The average Bonchev–Trinajstić information content (AvgIpc) is 2.16. The molecule has 0 aromatic heterocycles. The number of amides is 1. The number of carbonyl (C=O) groups is 1. The molecule has 0 aliphatic rings. The minimum Gasteiger partial charge on any atom is -0.691 e. The molecule has 1 unspecified atom stereocenters. The number of carbonyl (C=O) groups excluding carboxylic acids is 1. The molecule has 0 aromatic carbocycles. The van der Waals surface area contributed by atoms with E-state index in [0.29, 0.717) is 12.3 Å². The number of rotatable bonds is 7. The fraction of sp³-hybridized carbons (Fsp3) is 0.875. The van der Waals surface area contributed by atoms with Crippen LogP contribution in [0, 0.1) is 0 Å². The van der Waals surface area contributed by atoms with E-state index in [2.05, 4.69) is 9.37 Å². The number of hydrogen-bond acceptors (Lipinski definition) is 5. The van der Waals surface area contributed by atoms with Crippen LogP contribution >= 0.6 is 12.0 Å².